The molecule has 1 radical (unpaired) electrons. The fourth-order valence-electron chi connectivity index (χ4n) is 0.490. The van der Waals surface area contributed by atoms with Gasteiger partial charge in [0.2, 0.25) is 0 Å². The summed E-state index contributed by atoms with van der Waals surface area (Å²) in [6.45, 7) is 5.19. The summed E-state index contributed by atoms with van der Waals surface area (Å²) in [7, 11) is 0. The molecule has 0 aromatic rings. The van der Waals surface area contributed by atoms with Crippen molar-refractivity contribution < 1.29 is 8.19 Å². The molecule has 0 amide bonds. The van der Waals surface area contributed by atoms with Crippen LogP contribution in [0.15, 0.2) is 23.6 Å². The number of allylic oxidation sites excluding steroid dienone is 2. The van der Waals surface area contributed by atoms with E-state index in [1.807, 2.05) is 0 Å². The van der Waals surface area contributed by atoms with Crippen LogP contribution in [0.1, 0.15) is 6.92 Å². The standard InChI is InChI=1S/C6H12AsO2/c1-3-5-7(8,9)6-4-2/h3-4,6,8-9H,1,5H2,2H3. The first-order valence-corrected chi connectivity index (χ1v) is 6.79. The molecule has 3 heteroatoms. The molecule has 0 saturated carbocycles. The number of rotatable bonds is 3. The van der Waals surface area contributed by atoms with Gasteiger partial charge in [0.05, 0.1) is 0 Å². The van der Waals surface area contributed by atoms with Gasteiger partial charge >= 0.3 is 58.2 Å². The quantitative estimate of drug-likeness (QED) is 0.509. The maximum atomic E-state index is 9.08. The van der Waals surface area contributed by atoms with Crippen LogP contribution in [0.5, 0.6) is 0 Å². The van der Waals surface area contributed by atoms with Crippen LogP contribution in [0.3, 0.4) is 0 Å². The molecule has 9 heavy (non-hydrogen) atoms. The van der Waals surface area contributed by atoms with Crippen LogP contribution in [-0.4, -0.2) is 22.4 Å². The first-order chi connectivity index (χ1) is 4.12. The number of hydrogen-bond donors (Lipinski definition) is 2. The molecule has 0 fully saturated rings. The average Bonchev–Trinajstić information content (AvgIpc) is 1.64. The van der Waals surface area contributed by atoms with Crippen molar-refractivity contribution in [3.8, 4) is 0 Å². The van der Waals surface area contributed by atoms with Gasteiger partial charge in [-0.1, -0.05) is 0 Å². The zero-order valence-corrected chi connectivity index (χ0v) is 7.36. The Balaban J connectivity index is 3.84. The third-order valence-corrected chi connectivity index (χ3v) is 4.08. The monoisotopic (exact) mass is 191 g/mol. The van der Waals surface area contributed by atoms with Crippen LogP contribution >= 0.6 is 0 Å². The van der Waals surface area contributed by atoms with Gasteiger partial charge in [-0.3, -0.25) is 0 Å². The molecule has 0 aliphatic carbocycles. The summed E-state index contributed by atoms with van der Waals surface area (Å²) < 4.78 is 18.2. The Labute approximate surface area is 58.7 Å². The van der Waals surface area contributed by atoms with E-state index in [9.17, 15) is 0 Å². The SMILES string of the molecule is C=CC[As](O)(O)C=CC. The molecule has 0 aliphatic heterocycles. The van der Waals surface area contributed by atoms with Gasteiger partial charge in [0, 0.05) is 0 Å². The summed E-state index contributed by atoms with van der Waals surface area (Å²) in [5.41, 5.74) is 0. The van der Waals surface area contributed by atoms with Crippen LogP contribution in [-0.2, 0) is 0 Å². The van der Waals surface area contributed by atoms with Crippen molar-refractivity contribution in [3.05, 3.63) is 23.6 Å². The summed E-state index contributed by atoms with van der Waals surface area (Å²) >= 11 is -3.31. The first-order valence-electron chi connectivity index (χ1n) is 2.70. The van der Waals surface area contributed by atoms with E-state index in [-0.39, 0.29) is 0 Å². The zero-order valence-electron chi connectivity index (χ0n) is 5.49. The Hall–Kier alpha value is -0.0416. The second kappa shape index (κ2) is 3.89. The molecular weight excluding hydrogens is 179 g/mol. The molecular formula is C6H12AsO2. The molecule has 0 aliphatic rings. The van der Waals surface area contributed by atoms with Gasteiger partial charge < -0.3 is 0 Å². The molecule has 0 rings (SSSR count). The van der Waals surface area contributed by atoms with Crippen molar-refractivity contribution in [3.63, 3.8) is 0 Å². The van der Waals surface area contributed by atoms with Crippen molar-refractivity contribution in [2.75, 3.05) is 0 Å². The minimum absolute atomic E-state index is 0.336. The normalized spacial score (nSPS) is 12.3. The summed E-state index contributed by atoms with van der Waals surface area (Å²) in [4.78, 5) is 1.49. The Morgan fingerprint density at radius 1 is 1.56 bits per heavy atom. The molecule has 0 aromatic heterocycles. The van der Waals surface area contributed by atoms with E-state index in [2.05, 4.69) is 6.58 Å². The topological polar surface area (TPSA) is 40.5 Å². The second-order valence-electron chi connectivity index (χ2n) is 1.74. The van der Waals surface area contributed by atoms with Gasteiger partial charge in [-0.15, -0.1) is 0 Å². The molecule has 2 N–H and O–H groups in total. The van der Waals surface area contributed by atoms with Crippen LogP contribution < -0.4 is 0 Å². The summed E-state index contributed by atoms with van der Waals surface area (Å²) in [6, 6.07) is 0. The van der Waals surface area contributed by atoms with Gasteiger partial charge in [0.25, 0.3) is 0 Å². The third-order valence-electron chi connectivity index (χ3n) is 0.786. The molecule has 0 atom stereocenters. The predicted molar refractivity (Wildman–Crippen MR) is 40.0 cm³/mol. The van der Waals surface area contributed by atoms with E-state index in [0.29, 0.717) is 5.21 Å². The van der Waals surface area contributed by atoms with Crippen LogP contribution in [0.4, 0.5) is 0 Å². The molecule has 53 valence electrons. The summed E-state index contributed by atoms with van der Waals surface area (Å²) in [5.74, 6) is 0. The first kappa shape index (κ1) is 8.96. The fourth-order valence-corrected chi connectivity index (χ4v) is 2.54. The molecule has 0 saturated heterocycles. The Morgan fingerprint density at radius 3 is 2.44 bits per heavy atom. The van der Waals surface area contributed by atoms with E-state index in [1.54, 1.807) is 13.0 Å². The van der Waals surface area contributed by atoms with E-state index >= 15 is 0 Å². The Kier molecular flexibility index (Phi) is 3.87. The van der Waals surface area contributed by atoms with Crippen molar-refractivity contribution in [1.29, 1.82) is 0 Å². The van der Waals surface area contributed by atoms with Crippen LogP contribution in [0.25, 0.3) is 0 Å². The van der Waals surface area contributed by atoms with Crippen LogP contribution in [0.2, 0.25) is 5.21 Å². The average molecular weight is 191 g/mol. The van der Waals surface area contributed by atoms with E-state index in [1.165, 1.54) is 10.9 Å². The van der Waals surface area contributed by atoms with Gasteiger partial charge in [0.1, 0.15) is 0 Å². The van der Waals surface area contributed by atoms with E-state index in [4.69, 9.17) is 8.19 Å². The van der Waals surface area contributed by atoms with Gasteiger partial charge in [0.15, 0.2) is 0 Å². The molecule has 0 heterocycles. The molecule has 0 unspecified atom stereocenters. The van der Waals surface area contributed by atoms with Gasteiger partial charge in [-0.2, -0.15) is 0 Å². The fraction of sp³-hybridized carbons (Fsp3) is 0.333. The van der Waals surface area contributed by atoms with Crippen molar-refractivity contribution in [2.45, 2.75) is 12.1 Å². The molecule has 0 aromatic carbocycles. The third kappa shape index (κ3) is 4.46. The second-order valence-corrected chi connectivity index (χ2v) is 6.43. The molecule has 0 bridgehead atoms. The van der Waals surface area contributed by atoms with Crippen LogP contribution in [0, 0.1) is 0 Å². The number of hydrogen-bond acceptors (Lipinski definition) is 2. The van der Waals surface area contributed by atoms with Crippen molar-refractivity contribution in [2.24, 2.45) is 0 Å². The maximum absolute atomic E-state index is 9.08. The molecule has 2 nitrogen and oxygen atoms in total. The Bertz CT molecular complexity index is 118. The molecule has 0 spiro atoms. The Morgan fingerprint density at radius 2 is 2.11 bits per heavy atom. The van der Waals surface area contributed by atoms with E-state index < -0.39 is 14.2 Å². The summed E-state index contributed by atoms with van der Waals surface area (Å²) in [6.07, 6.45) is 3.20. The van der Waals surface area contributed by atoms with Gasteiger partial charge in [-0.05, 0) is 0 Å². The van der Waals surface area contributed by atoms with E-state index in [0.717, 1.165) is 0 Å². The van der Waals surface area contributed by atoms with Gasteiger partial charge in [-0.25, -0.2) is 0 Å². The zero-order chi connectivity index (χ0) is 7.33. The minimum atomic E-state index is -3.31. The summed E-state index contributed by atoms with van der Waals surface area (Å²) in [5, 5.41) is 0.336. The van der Waals surface area contributed by atoms with Crippen molar-refractivity contribution in [1.82, 2.24) is 0 Å². The predicted octanol–water partition coefficient (Wildman–Crippen LogP) is 0.714. The van der Waals surface area contributed by atoms with Crippen molar-refractivity contribution >= 4 is 14.2 Å².